The highest BCUT2D eigenvalue weighted by molar-refractivity contribution is 5.90. The van der Waals surface area contributed by atoms with E-state index in [0.29, 0.717) is 18.9 Å². The molecule has 0 aromatic heterocycles. The van der Waals surface area contributed by atoms with Crippen LogP contribution in [0.5, 0.6) is 0 Å². The minimum Gasteiger partial charge on any atom is -0.459 e. The number of hydrogen-bond acceptors (Lipinski definition) is 4. The highest BCUT2D eigenvalue weighted by Crippen LogP contribution is 1.87. The van der Waals surface area contributed by atoms with E-state index in [4.69, 9.17) is 15.9 Å². The van der Waals surface area contributed by atoms with E-state index in [1.807, 2.05) is 0 Å². The number of aliphatic imine (C=N–C) groups is 1. The summed E-state index contributed by atoms with van der Waals surface area (Å²) in [6.07, 6.45) is 0. The molecule has 0 amide bonds. The molecule has 0 spiro atoms. The van der Waals surface area contributed by atoms with Gasteiger partial charge in [0.05, 0.1) is 12.3 Å². The van der Waals surface area contributed by atoms with E-state index in [0.717, 1.165) is 0 Å². The Hall–Kier alpha value is -1.06. The lowest BCUT2D eigenvalue weighted by molar-refractivity contribution is 0.346. The zero-order valence-corrected chi connectivity index (χ0v) is 4.35. The molecule has 0 fully saturated rings. The van der Waals surface area contributed by atoms with E-state index in [2.05, 4.69) is 4.99 Å². The number of rotatable bonds is 0. The quantitative estimate of drug-likeness (QED) is 0.438. The van der Waals surface area contributed by atoms with Crippen molar-refractivity contribution < 1.29 is 4.74 Å². The van der Waals surface area contributed by atoms with Gasteiger partial charge in [0, 0.05) is 0 Å². The van der Waals surface area contributed by atoms with Crippen LogP contribution in [0.25, 0.3) is 0 Å². The molecule has 0 atom stereocenters. The van der Waals surface area contributed by atoms with Gasteiger partial charge in [-0.2, -0.15) is 0 Å². The van der Waals surface area contributed by atoms with Crippen LogP contribution in [-0.2, 0) is 4.74 Å². The maximum atomic E-state index is 6.99. The first kappa shape index (κ1) is 5.08. The molecule has 0 aromatic rings. The van der Waals surface area contributed by atoms with Gasteiger partial charge in [-0.15, -0.1) is 0 Å². The van der Waals surface area contributed by atoms with Crippen molar-refractivity contribution in [3.05, 3.63) is 0 Å². The molecule has 0 bridgehead atoms. The molecule has 0 aliphatic carbocycles. The second-order valence-electron chi connectivity index (χ2n) is 1.55. The van der Waals surface area contributed by atoms with E-state index in [1.165, 1.54) is 0 Å². The van der Waals surface area contributed by atoms with Crippen LogP contribution in [0.4, 0.5) is 0 Å². The van der Waals surface area contributed by atoms with Gasteiger partial charge < -0.3 is 15.9 Å². The Morgan fingerprint density at radius 2 is 2.50 bits per heavy atom. The van der Waals surface area contributed by atoms with Crippen molar-refractivity contribution in [1.29, 1.82) is 5.41 Å². The van der Waals surface area contributed by atoms with Gasteiger partial charge in [0.1, 0.15) is 6.61 Å². The molecular formula is C4H7N3O. The van der Waals surface area contributed by atoms with Gasteiger partial charge in [0.25, 0.3) is 6.02 Å². The van der Waals surface area contributed by atoms with Crippen LogP contribution in [0.3, 0.4) is 0 Å². The number of amidine groups is 1. The van der Waals surface area contributed by atoms with Gasteiger partial charge in [-0.05, 0) is 0 Å². The topological polar surface area (TPSA) is 71.5 Å². The van der Waals surface area contributed by atoms with Crippen LogP contribution in [0.15, 0.2) is 4.99 Å². The van der Waals surface area contributed by atoms with E-state index in [-0.39, 0.29) is 6.02 Å². The van der Waals surface area contributed by atoms with E-state index in [9.17, 15) is 0 Å². The SMILES string of the molecule is N=C1CN=C(N)OC1. The Morgan fingerprint density at radius 1 is 1.75 bits per heavy atom. The first-order valence-electron chi connectivity index (χ1n) is 2.28. The van der Waals surface area contributed by atoms with Crippen LogP contribution < -0.4 is 5.73 Å². The summed E-state index contributed by atoms with van der Waals surface area (Å²) in [4.78, 5) is 3.66. The zero-order valence-electron chi connectivity index (χ0n) is 4.35. The molecule has 1 aliphatic rings. The molecule has 4 nitrogen and oxygen atoms in total. The van der Waals surface area contributed by atoms with Gasteiger partial charge in [0.2, 0.25) is 0 Å². The Labute approximate surface area is 46.9 Å². The number of nitrogens with two attached hydrogens (primary N) is 1. The summed E-state index contributed by atoms with van der Waals surface area (Å²) in [5.41, 5.74) is 5.60. The fourth-order valence-corrected chi connectivity index (χ4v) is 0.426. The van der Waals surface area contributed by atoms with Crippen LogP contribution in [0, 0.1) is 5.41 Å². The van der Waals surface area contributed by atoms with E-state index in [1.54, 1.807) is 0 Å². The Bertz CT molecular complexity index is 140. The molecule has 1 aliphatic heterocycles. The minimum absolute atomic E-state index is 0.195. The third-order valence-electron chi connectivity index (χ3n) is 0.820. The zero-order chi connectivity index (χ0) is 5.98. The van der Waals surface area contributed by atoms with Crippen LogP contribution in [0.1, 0.15) is 0 Å². The Balaban J connectivity index is 2.55. The molecule has 44 valence electrons. The summed E-state index contributed by atoms with van der Waals surface area (Å²) in [6, 6.07) is 0.195. The Morgan fingerprint density at radius 3 is 2.88 bits per heavy atom. The average Bonchev–Trinajstić information content (AvgIpc) is 1.77. The predicted octanol–water partition coefficient (Wildman–Crippen LogP) is -0.649. The molecule has 0 saturated heterocycles. The summed E-state index contributed by atoms with van der Waals surface area (Å²) >= 11 is 0. The second kappa shape index (κ2) is 1.81. The minimum atomic E-state index is 0.195. The van der Waals surface area contributed by atoms with Gasteiger partial charge in [-0.25, -0.2) is 4.99 Å². The van der Waals surface area contributed by atoms with Crippen molar-refractivity contribution in [3.63, 3.8) is 0 Å². The molecular weight excluding hydrogens is 106 g/mol. The summed E-state index contributed by atoms with van der Waals surface area (Å²) in [5.74, 6) is 0. The number of nitrogens with one attached hydrogen (secondary N) is 1. The molecule has 8 heavy (non-hydrogen) atoms. The summed E-state index contributed by atoms with van der Waals surface area (Å²) in [6.45, 7) is 0.696. The Kier molecular flexibility index (Phi) is 1.15. The number of nitrogens with zero attached hydrogens (tertiary/aromatic N) is 1. The maximum absolute atomic E-state index is 6.99. The fraction of sp³-hybridized carbons (Fsp3) is 0.500. The standard InChI is InChI=1S/C4H7N3O/c5-3-1-7-4(6)8-2-3/h5H,1-2H2,(H2,6,7). The summed E-state index contributed by atoms with van der Waals surface area (Å²) in [5, 5.41) is 6.99. The third kappa shape index (κ3) is 0.959. The molecule has 1 heterocycles. The van der Waals surface area contributed by atoms with Crippen molar-refractivity contribution in [2.45, 2.75) is 0 Å². The molecule has 3 N–H and O–H groups in total. The number of ether oxygens (including phenoxy) is 1. The van der Waals surface area contributed by atoms with Crippen LogP contribution in [-0.4, -0.2) is 24.9 Å². The van der Waals surface area contributed by atoms with Crippen molar-refractivity contribution in [2.24, 2.45) is 10.7 Å². The molecule has 0 aromatic carbocycles. The van der Waals surface area contributed by atoms with Crippen LogP contribution in [0.2, 0.25) is 0 Å². The average molecular weight is 113 g/mol. The second-order valence-corrected chi connectivity index (χ2v) is 1.55. The molecule has 4 heteroatoms. The van der Waals surface area contributed by atoms with Crippen molar-refractivity contribution in [1.82, 2.24) is 0 Å². The number of hydrogen-bond donors (Lipinski definition) is 2. The van der Waals surface area contributed by atoms with Crippen LogP contribution >= 0.6 is 0 Å². The highest BCUT2D eigenvalue weighted by Gasteiger charge is 2.04. The largest absolute Gasteiger partial charge is 0.459 e. The maximum Gasteiger partial charge on any atom is 0.282 e. The van der Waals surface area contributed by atoms with E-state index < -0.39 is 0 Å². The first-order chi connectivity index (χ1) is 3.79. The lowest BCUT2D eigenvalue weighted by Gasteiger charge is -2.09. The molecule has 1 rings (SSSR count). The molecule has 0 saturated carbocycles. The lowest BCUT2D eigenvalue weighted by atomic mass is 10.4. The van der Waals surface area contributed by atoms with Gasteiger partial charge in [-0.3, -0.25) is 0 Å². The van der Waals surface area contributed by atoms with Gasteiger partial charge >= 0.3 is 0 Å². The third-order valence-corrected chi connectivity index (χ3v) is 0.820. The smallest absolute Gasteiger partial charge is 0.282 e. The molecule has 0 radical (unpaired) electrons. The van der Waals surface area contributed by atoms with Crippen molar-refractivity contribution in [2.75, 3.05) is 13.2 Å². The summed E-state index contributed by atoms with van der Waals surface area (Å²) in [7, 11) is 0. The predicted molar refractivity (Wildman–Crippen MR) is 30.2 cm³/mol. The first-order valence-corrected chi connectivity index (χ1v) is 2.28. The summed E-state index contributed by atoms with van der Waals surface area (Å²) < 4.78 is 4.69. The lowest BCUT2D eigenvalue weighted by Crippen LogP contribution is -2.27. The molecule has 0 unspecified atom stereocenters. The monoisotopic (exact) mass is 113 g/mol. The van der Waals surface area contributed by atoms with E-state index >= 15 is 0 Å². The highest BCUT2D eigenvalue weighted by atomic mass is 16.5. The normalized spacial score (nSPS) is 19.5. The van der Waals surface area contributed by atoms with Crippen molar-refractivity contribution >= 4 is 11.7 Å². The van der Waals surface area contributed by atoms with Gasteiger partial charge in [-0.1, -0.05) is 0 Å². The van der Waals surface area contributed by atoms with Crippen molar-refractivity contribution in [3.8, 4) is 0 Å². The fourth-order valence-electron chi connectivity index (χ4n) is 0.426. The van der Waals surface area contributed by atoms with Gasteiger partial charge in [0.15, 0.2) is 0 Å².